The molecular weight excluding hydrogens is 252 g/mol. The zero-order valence-corrected chi connectivity index (χ0v) is 12.2. The van der Waals surface area contributed by atoms with Crippen LogP contribution < -0.4 is 15.4 Å². The minimum absolute atomic E-state index is 0.122. The van der Waals surface area contributed by atoms with Gasteiger partial charge in [-0.3, -0.25) is 4.79 Å². The third kappa shape index (κ3) is 4.53. The van der Waals surface area contributed by atoms with Gasteiger partial charge in [0.1, 0.15) is 5.75 Å². The van der Waals surface area contributed by atoms with Crippen LogP contribution in [0.1, 0.15) is 32.6 Å². The molecule has 0 atom stereocenters. The number of hydrogen-bond acceptors (Lipinski definition) is 3. The van der Waals surface area contributed by atoms with Crippen LogP contribution >= 0.6 is 0 Å². The summed E-state index contributed by atoms with van der Waals surface area (Å²) in [5.41, 5.74) is 0.822. The molecule has 0 aromatic heterocycles. The van der Waals surface area contributed by atoms with E-state index in [9.17, 15) is 4.79 Å². The Bertz CT molecular complexity index is 428. The van der Waals surface area contributed by atoms with Gasteiger partial charge < -0.3 is 15.4 Å². The summed E-state index contributed by atoms with van der Waals surface area (Å²) in [6, 6.07) is 7.65. The summed E-state index contributed by atoms with van der Waals surface area (Å²) in [6.45, 7) is 4.72. The van der Waals surface area contributed by atoms with Crippen LogP contribution in [0, 0.1) is 5.92 Å². The molecule has 0 unspecified atom stereocenters. The van der Waals surface area contributed by atoms with E-state index < -0.39 is 0 Å². The second-order valence-electron chi connectivity index (χ2n) is 5.24. The number of nitrogens with one attached hydrogen (secondary N) is 2. The minimum Gasteiger partial charge on any atom is -0.494 e. The largest absolute Gasteiger partial charge is 0.494 e. The van der Waals surface area contributed by atoms with Crippen molar-refractivity contribution in [1.82, 2.24) is 5.32 Å². The van der Waals surface area contributed by atoms with Gasteiger partial charge in [0, 0.05) is 17.7 Å². The first kappa shape index (κ1) is 14.9. The molecule has 1 aliphatic heterocycles. The zero-order valence-electron chi connectivity index (χ0n) is 12.2. The molecule has 1 heterocycles. The van der Waals surface area contributed by atoms with Crippen LogP contribution in [0.5, 0.6) is 5.75 Å². The van der Waals surface area contributed by atoms with Gasteiger partial charge >= 0.3 is 0 Å². The van der Waals surface area contributed by atoms with E-state index in [-0.39, 0.29) is 11.8 Å². The lowest BCUT2D eigenvalue weighted by molar-refractivity contribution is -0.120. The number of anilines is 1. The maximum Gasteiger partial charge on any atom is 0.227 e. The first-order valence-corrected chi connectivity index (χ1v) is 7.54. The highest BCUT2D eigenvalue weighted by Crippen LogP contribution is 2.20. The predicted octanol–water partition coefficient (Wildman–Crippen LogP) is 2.80. The minimum atomic E-state index is 0.122. The number of carbonyl (C=O) groups is 1. The van der Waals surface area contributed by atoms with Crippen molar-refractivity contribution in [2.24, 2.45) is 5.92 Å². The molecular formula is C16H24N2O2. The molecule has 0 spiro atoms. The molecule has 0 radical (unpaired) electrons. The van der Waals surface area contributed by atoms with Crippen LogP contribution in [0.4, 0.5) is 5.69 Å². The van der Waals surface area contributed by atoms with Crippen molar-refractivity contribution in [1.29, 1.82) is 0 Å². The van der Waals surface area contributed by atoms with Gasteiger partial charge in [-0.2, -0.15) is 0 Å². The topological polar surface area (TPSA) is 50.4 Å². The molecule has 2 N–H and O–H groups in total. The quantitative estimate of drug-likeness (QED) is 0.786. The number of benzene rings is 1. The Morgan fingerprint density at radius 1 is 1.40 bits per heavy atom. The molecule has 1 fully saturated rings. The fourth-order valence-corrected chi connectivity index (χ4v) is 2.33. The van der Waals surface area contributed by atoms with E-state index >= 15 is 0 Å². The summed E-state index contributed by atoms with van der Waals surface area (Å²) >= 11 is 0. The van der Waals surface area contributed by atoms with E-state index in [1.54, 1.807) is 0 Å². The molecule has 110 valence electrons. The molecule has 1 aromatic rings. The first-order chi connectivity index (χ1) is 9.79. The van der Waals surface area contributed by atoms with Crippen LogP contribution in [0.25, 0.3) is 0 Å². The molecule has 1 aromatic carbocycles. The summed E-state index contributed by atoms with van der Waals surface area (Å²) in [4.78, 5) is 12.2. The van der Waals surface area contributed by atoms with E-state index in [2.05, 4.69) is 17.6 Å². The van der Waals surface area contributed by atoms with E-state index in [0.717, 1.165) is 56.8 Å². The number of hydrogen-bond donors (Lipinski definition) is 2. The van der Waals surface area contributed by atoms with Gasteiger partial charge in [0.2, 0.25) is 5.91 Å². The van der Waals surface area contributed by atoms with Gasteiger partial charge in [-0.25, -0.2) is 0 Å². The Morgan fingerprint density at radius 2 is 2.20 bits per heavy atom. The van der Waals surface area contributed by atoms with Gasteiger partial charge in [-0.15, -0.1) is 0 Å². The number of rotatable bonds is 6. The lowest BCUT2D eigenvalue weighted by atomic mass is 9.97. The highest BCUT2D eigenvalue weighted by atomic mass is 16.5. The Labute approximate surface area is 120 Å². The average molecular weight is 276 g/mol. The standard InChI is InChI=1S/C16H24N2O2/c1-2-3-11-20-15-6-4-5-14(12-15)18-16(19)13-7-9-17-10-8-13/h4-6,12-13,17H,2-3,7-11H2,1H3,(H,18,19). The molecule has 2 rings (SSSR count). The van der Waals surface area contributed by atoms with Crippen LogP contribution in [0.3, 0.4) is 0 Å². The Morgan fingerprint density at radius 3 is 2.95 bits per heavy atom. The molecule has 20 heavy (non-hydrogen) atoms. The van der Waals surface area contributed by atoms with E-state index in [1.807, 2.05) is 24.3 Å². The van der Waals surface area contributed by atoms with Gasteiger partial charge in [0.15, 0.2) is 0 Å². The third-order valence-corrected chi connectivity index (χ3v) is 3.58. The molecule has 1 saturated heterocycles. The number of carbonyl (C=O) groups excluding carboxylic acids is 1. The number of amides is 1. The maximum absolute atomic E-state index is 12.2. The van der Waals surface area contributed by atoms with Crippen LogP contribution in [-0.4, -0.2) is 25.6 Å². The van der Waals surface area contributed by atoms with Gasteiger partial charge in [0.05, 0.1) is 6.61 Å². The van der Waals surface area contributed by atoms with Crippen LogP contribution in [0.2, 0.25) is 0 Å². The van der Waals surface area contributed by atoms with Crippen LogP contribution in [-0.2, 0) is 4.79 Å². The van der Waals surface area contributed by atoms with E-state index in [1.165, 1.54) is 0 Å². The summed E-state index contributed by atoms with van der Waals surface area (Å²) in [5, 5.41) is 6.27. The Balaban J connectivity index is 1.88. The molecule has 4 heteroatoms. The molecule has 1 aliphatic rings. The molecule has 0 saturated carbocycles. The number of unbranched alkanes of at least 4 members (excludes halogenated alkanes) is 1. The van der Waals surface area contributed by atoms with Crippen molar-refractivity contribution in [3.8, 4) is 5.75 Å². The van der Waals surface area contributed by atoms with Crippen molar-refractivity contribution >= 4 is 11.6 Å². The number of ether oxygens (including phenoxy) is 1. The molecule has 4 nitrogen and oxygen atoms in total. The molecule has 1 amide bonds. The third-order valence-electron chi connectivity index (χ3n) is 3.58. The SMILES string of the molecule is CCCCOc1cccc(NC(=O)C2CCNCC2)c1. The average Bonchev–Trinajstić information content (AvgIpc) is 2.49. The summed E-state index contributed by atoms with van der Waals surface area (Å²) in [5.74, 6) is 1.07. The second kappa shape index (κ2) is 7.90. The van der Waals surface area contributed by atoms with Crippen LogP contribution in [0.15, 0.2) is 24.3 Å². The lowest BCUT2D eigenvalue weighted by Gasteiger charge is -2.21. The lowest BCUT2D eigenvalue weighted by Crippen LogP contribution is -2.34. The van der Waals surface area contributed by atoms with Crippen molar-refractivity contribution in [3.63, 3.8) is 0 Å². The highest BCUT2D eigenvalue weighted by molar-refractivity contribution is 5.92. The van der Waals surface area contributed by atoms with Crippen molar-refractivity contribution in [2.75, 3.05) is 25.0 Å². The van der Waals surface area contributed by atoms with Gasteiger partial charge in [-0.05, 0) is 44.5 Å². The fourth-order valence-electron chi connectivity index (χ4n) is 2.33. The maximum atomic E-state index is 12.2. The number of piperidine rings is 1. The Hall–Kier alpha value is -1.55. The highest BCUT2D eigenvalue weighted by Gasteiger charge is 2.20. The smallest absolute Gasteiger partial charge is 0.227 e. The zero-order chi connectivity index (χ0) is 14.2. The molecule has 0 bridgehead atoms. The monoisotopic (exact) mass is 276 g/mol. The molecule has 0 aliphatic carbocycles. The van der Waals surface area contributed by atoms with Crippen molar-refractivity contribution in [3.05, 3.63) is 24.3 Å². The second-order valence-corrected chi connectivity index (χ2v) is 5.24. The van der Waals surface area contributed by atoms with Crippen molar-refractivity contribution < 1.29 is 9.53 Å². The summed E-state index contributed by atoms with van der Waals surface area (Å²) < 4.78 is 5.65. The van der Waals surface area contributed by atoms with E-state index in [4.69, 9.17) is 4.74 Å². The van der Waals surface area contributed by atoms with Gasteiger partial charge in [0.25, 0.3) is 0 Å². The fraction of sp³-hybridized carbons (Fsp3) is 0.562. The van der Waals surface area contributed by atoms with Gasteiger partial charge in [-0.1, -0.05) is 19.4 Å². The summed E-state index contributed by atoms with van der Waals surface area (Å²) in [7, 11) is 0. The summed E-state index contributed by atoms with van der Waals surface area (Å²) in [6.07, 6.45) is 3.99. The first-order valence-electron chi connectivity index (χ1n) is 7.54. The Kier molecular flexibility index (Phi) is 5.87. The normalized spacial score (nSPS) is 15.8. The van der Waals surface area contributed by atoms with E-state index in [0.29, 0.717) is 0 Å². The van der Waals surface area contributed by atoms with Crippen molar-refractivity contribution in [2.45, 2.75) is 32.6 Å². The predicted molar refractivity (Wildman–Crippen MR) is 81.1 cm³/mol.